The molecule has 0 amide bonds. The third kappa shape index (κ3) is 9.51. The van der Waals surface area contributed by atoms with E-state index in [0.717, 1.165) is 19.3 Å². The zero-order valence-corrected chi connectivity index (χ0v) is 10.8. The van der Waals surface area contributed by atoms with Crippen molar-refractivity contribution in [3.63, 3.8) is 0 Å². The summed E-state index contributed by atoms with van der Waals surface area (Å²) in [5.41, 5.74) is 3.14. The van der Waals surface area contributed by atoms with Crippen molar-refractivity contribution in [3.05, 3.63) is 47.6 Å². The Morgan fingerprint density at radius 3 is 2.25 bits per heavy atom. The van der Waals surface area contributed by atoms with Gasteiger partial charge in [0.2, 0.25) is 0 Å². The van der Waals surface area contributed by atoms with E-state index in [2.05, 4.69) is 39.5 Å². The van der Waals surface area contributed by atoms with Gasteiger partial charge in [-0.1, -0.05) is 47.6 Å². The van der Waals surface area contributed by atoms with Crippen molar-refractivity contribution in [2.24, 2.45) is 0 Å². The largest absolute Gasteiger partial charge is 0.0991 e. The molecule has 0 saturated carbocycles. The highest BCUT2D eigenvalue weighted by Gasteiger charge is 1.90. The minimum atomic E-state index is -2.00. The van der Waals surface area contributed by atoms with Gasteiger partial charge in [-0.2, -0.15) is 0 Å². The van der Waals surface area contributed by atoms with Crippen molar-refractivity contribution < 1.29 is 4.11 Å². The highest BCUT2D eigenvalue weighted by atomic mass is 14.0. The van der Waals surface area contributed by atoms with Crippen molar-refractivity contribution in [1.29, 1.82) is 0 Å². The lowest BCUT2D eigenvalue weighted by Crippen LogP contribution is -1.80. The van der Waals surface area contributed by atoms with Crippen LogP contribution in [0.4, 0.5) is 0 Å². The summed E-state index contributed by atoms with van der Waals surface area (Å²) >= 11 is 0. The summed E-state index contributed by atoms with van der Waals surface area (Å²) < 4.78 is 22.3. The predicted molar refractivity (Wildman–Crippen MR) is 75.6 cm³/mol. The van der Waals surface area contributed by atoms with Gasteiger partial charge in [0.15, 0.2) is 0 Å². The molecule has 0 saturated heterocycles. The molecule has 0 spiro atoms. The Kier molecular flexibility index (Phi) is 5.83. The van der Waals surface area contributed by atoms with Gasteiger partial charge >= 0.3 is 0 Å². The molecule has 0 aliphatic carbocycles. The molecule has 0 fully saturated rings. The van der Waals surface area contributed by atoms with Crippen LogP contribution in [0.15, 0.2) is 47.6 Å². The van der Waals surface area contributed by atoms with Crippen LogP contribution in [0.1, 0.15) is 57.4 Å². The number of rotatable bonds is 7. The molecule has 0 rings (SSSR count). The lowest BCUT2D eigenvalue weighted by Gasteiger charge is -2.00. The molecule has 0 aromatic heterocycles. The number of hydrogen-bond donors (Lipinski definition) is 0. The van der Waals surface area contributed by atoms with E-state index >= 15 is 0 Å². The van der Waals surface area contributed by atoms with E-state index in [1.807, 2.05) is 0 Å². The molecule has 0 bridgehead atoms. The normalized spacial score (nSPS) is 16.1. The van der Waals surface area contributed by atoms with Crippen LogP contribution in [0.5, 0.6) is 0 Å². The van der Waals surface area contributed by atoms with Crippen molar-refractivity contribution in [2.75, 3.05) is 0 Å². The zero-order chi connectivity index (χ0) is 14.9. The Hall–Kier alpha value is -1.04. The highest BCUT2D eigenvalue weighted by molar-refractivity contribution is 5.09. The number of hydrogen-bond acceptors (Lipinski definition) is 0. The van der Waals surface area contributed by atoms with E-state index < -0.39 is 6.85 Å². The summed E-state index contributed by atoms with van der Waals surface area (Å²) in [6, 6.07) is 0. The van der Waals surface area contributed by atoms with Crippen LogP contribution in [0.3, 0.4) is 0 Å². The van der Waals surface area contributed by atoms with Gasteiger partial charge in [-0.25, -0.2) is 0 Å². The van der Waals surface area contributed by atoms with Gasteiger partial charge in [0.1, 0.15) is 0 Å². The molecule has 0 aliphatic rings. The van der Waals surface area contributed by atoms with E-state index in [9.17, 15) is 0 Å². The molecule has 0 radical (unpaired) electrons. The van der Waals surface area contributed by atoms with E-state index in [1.54, 1.807) is 12.2 Å². The molecular formula is C16H26. The summed E-state index contributed by atoms with van der Waals surface area (Å²) in [4.78, 5) is 0. The second-order valence-electron chi connectivity index (χ2n) is 4.34. The summed E-state index contributed by atoms with van der Waals surface area (Å²) in [6.07, 6.45) is 11.0. The Morgan fingerprint density at radius 2 is 1.69 bits per heavy atom. The summed E-state index contributed by atoms with van der Waals surface area (Å²) in [7, 11) is 0. The molecule has 0 unspecified atom stereocenters. The van der Waals surface area contributed by atoms with Crippen LogP contribution >= 0.6 is 0 Å². The maximum atomic E-state index is 7.43. The maximum Gasteiger partial charge on any atom is 0.0276 e. The van der Waals surface area contributed by atoms with Gasteiger partial charge < -0.3 is 0 Å². The third-order valence-electron chi connectivity index (χ3n) is 2.32. The minimum absolute atomic E-state index is 0.482. The first-order valence-electron chi connectivity index (χ1n) is 7.38. The fourth-order valence-corrected chi connectivity index (χ4v) is 1.39. The maximum absolute atomic E-state index is 7.43. The Bertz CT molecular complexity index is 364. The molecule has 90 valence electrons. The average Bonchev–Trinajstić information content (AvgIpc) is 2.26. The van der Waals surface area contributed by atoms with Gasteiger partial charge in [0.25, 0.3) is 0 Å². The highest BCUT2D eigenvalue weighted by Crippen LogP contribution is 2.11. The van der Waals surface area contributed by atoms with E-state index in [1.165, 1.54) is 11.1 Å². The first-order chi connectivity index (χ1) is 8.77. The first kappa shape index (κ1) is 10.1. The van der Waals surface area contributed by atoms with Gasteiger partial charge in [-0.05, 0) is 53.3 Å². The second kappa shape index (κ2) is 9.21. The molecule has 0 heterocycles. The summed E-state index contributed by atoms with van der Waals surface area (Å²) in [6.45, 7) is 7.86. The van der Waals surface area contributed by atoms with E-state index in [0.29, 0.717) is 12.0 Å². The molecule has 0 N–H and O–H groups in total. The molecule has 0 aromatic carbocycles. The van der Waals surface area contributed by atoms with E-state index in [4.69, 9.17) is 4.11 Å². The predicted octanol–water partition coefficient (Wildman–Crippen LogP) is 5.59. The molecule has 0 aliphatic heterocycles. The standard InChI is InChI=1S/C16H26/c1-6-9-15(4)12-8-13-16(5)11-7-10-14(2)3/h6,9-10,13H,1,7-8,11-12H2,2-5H3/b15-9+,16-13+/i4D3. The Morgan fingerprint density at radius 1 is 1.06 bits per heavy atom. The molecule has 0 aromatic rings. The Labute approximate surface area is 106 Å². The zero-order valence-electron chi connectivity index (χ0n) is 13.8. The van der Waals surface area contributed by atoms with Crippen molar-refractivity contribution in [3.8, 4) is 0 Å². The Balaban J connectivity index is 4.28. The molecule has 0 heteroatoms. The second-order valence-corrected chi connectivity index (χ2v) is 4.34. The van der Waals surface area contributed by atoms with Crippen molar-refractivity contribution >= 4 is 0 Å². The lowest BCUT2D eigenvalue weighted by atomic mass is 10.1. The molecule has 0 nitrogen and oxygen atoms in total. The van der Waals surface area contributed by atoms with Crippen LogP contribution < -0.4 is 0 Å². The molecule has 16 heavy (non-hydrogen) atoms. The first-order valence-corrected chi connectivity index (χ1v) is 5.88. The van der Waals surface area contributed by atoms with Crippen LogP contribution in [0.2, 0.25) is 0 Å². The van der Waals surface area contributed by atoms with Crippen LogP contribution in [-0.2, 0) is 0 Å². The summed E-state index contributed by atoms with van der Waals surface area (Å²) in [5, 5.41) is 0. The SMILES string of the molecule is [2H]C([2H])([2H])/C(=C\C=C)CC/C=C(\C)CCC=C(C)C. The van der Waals surface area contributed by atoms with Crippen molar-refractivity contribution in [1.82, 2.24) is 0 Å². The minimum Gasteiger partial charge on any atom is -0.0991 e. The topological polar surface area (TPSA) is 0 Å². The van der Waals surface area contributed by atoms with Gasteiger partial charge in [-0.15, -0.1) is 0 Å². The fraction of sp³-hybridized carbons (Fsp3) is 0.500. The quantitative estimate of drug-likeness (QED) is 0.388. The molecule has 0 atom stereocenters. The summed E-state index contributed by atoms with van der Waals surface area (Å²) in [5.74, 6) is 0. The van der Waals surface area contributed by atoms with Crippen LogP contribution in [0.25, 0.3) is 0 Å². The van der Waals surface area contributed by atoms with Crippen LogP contribution in [0, 0.1) is 0 Å². The molecular weight excluding hydrogens is 192 g/mol. The van der Waals surface area contributed by atoms with E-state index in [-0.39, 0.29) is 0 Å². The van der Waals surface area contributed by atoms with Gasteiger partial charge in [0, 0.05) is 4.11 Å². The number of allylic oxidation sites excluding steroid dienone is 7. The van der Waals surface area contributed by atoms with Crippen LogP contribution in [-0.4, -0.2) is 0 Å². The average molecular weight is 221 g/mol. The fourth-order valence-electron chi connectivity index (χ4n) is 1.39. The smallest absolute Gasteiger partial charge is 0.0276 e. The van der Waals surface area contributed by atoms with Gasteiger partial charge in [-0.3, -0.25) is 0 Å². The third-order valence-corrected chi connectivity index (χ3v) is 2.32. The van der Waals surface area contributed by atoms with Gasteiger partial charge in [0.05, 0.1) is 0 Å². The van der Waals surface area contributed by atoms with Crippen molar-refractivity contribution in [2.45, 2.75) is 53.3 Å². The monoisotopic (exact) mass is 221 g/mol. The lowest BCUT2D eigenvalue weighted by molar-refractivity contribution is 0.918.